The number of amides is 2. The number of rotatable bonds is 15. The quantitative estimate of drug-likeness (QED) is 0.0657. The molecular formula is C48H59N5O6Si. The zero-order valence-electron chi connectivity index (χ0n) is 35.5. The van der Waals surface area contributed by atoms with Crippen LogP contribution in [0, 0.1) is 5.92 Å². The number of aromatic hydroxyl groups is 1. The predicted octanol–water partition coefficient (Wildman–Crippen LogP) is 9.29. The molecule has 3 fully saturated rings. The molecule has 0 radical (unpaired) electrons. The van der Waals surface area contributed by atoms with E-state index in [0.29, 0.717) is 49.5 Å². The Morgan fingerprint density at radius 2 is 1.67 bits per heavy atom. The van der Waals surface area contributed by atoms with E-state index in [2.05, 4.69) is 60.4 Å². The van der Waals surface area contributed by atoms with E-state index in [1.807, 2.05) is 72.8 Å². The Labute approximate surface area is 353 Å². The minimum absolute atomic E-state index is 0.0178. The summed E-state index contributed by atoms with van der Waals surface area (Å²) in [6.45, 7) is 14.9. The highest BCUT2D eigenvalue weighted by Gasteiger charge is 2.41. The third-order valence-corrected chi connectivity index (χ3v) is 17.3. The van der Waals surface area contributed by atoms with E-state index in [1.54, 1.807) is 17.0 Å². The van der Waals surface area contributed by atoms with Crippen LogP contribution in [0.5, 0.6) is 5.75 Å². The molecule has 2 bridgehead atoms. The number of piperidine rings is 3. The number of hydrogen-bond acceptors (Lipinski definition) is 7. The summed E-state index contributed by atoms with van der Waals surface area (Å²) in [5.74, 6) is 0.290. The lowest BCUT2D eigenvalue weighted by molar-refractivity contribution is -0.116. The lowest BCUT2D eigenvalue weighted by Gasteiger charge is -2.48. The molecule has 3 saturated heterocycles. The zero-order valence-corrected chi connectivity index (χ0v) is 36.5. The summed E-state index contributed by atoms with van der Waals surface area (Å²) in [5, 5.41) is 28.5. The maximum Gasteiger partial charge on any atom is 0.412 e. The van der Waals surface area contributed by atoms with Crippen molar-refractivity contribution < 1.29 is 24.2 Å². The Hall–Kier alpha value is -5.27. The molecule has 11 nitrogen and oxygen atoms in total. The smallest absolute Gasteiger partial charge is 0.412 e. The number of aryl methyl sites for hydroxylation is 1. The molecule has 5 N–H and O–H groups in total. The van der Waals surface area contributed by atoms with Gasteiger partial charge in [-0.25, -0.2) is 4.79 Å². The van der Waals surface area contributed by atoms with E-state index in [0.717, 1.165) is 71.4 Å². The molecule has 5 aromatic rings. The molecule has 3 aliphatic heterocycles. The summed E-state index contributed by atoms with van der Waals surface area (Å²) in [7, 11) is -2.22. The Morgan fingerprint density at radius 1 is 0.950 bits per heavy atom. The van der Waals surface area contributed by atoms with Crippen molar-refractivity contribution in [2.45, 2.75) is 89.7 Å². The Morgan fingerprint density at radius 3 is 2.33 bits per heavy atom. The van der Waals surface area contributed by atoms with Crippen molar-refractivity contribution in [2.24, 2.45) is 5.92 Å². The van der Waals surface area contributed by atoms with Gasteiger partial charge in [-0.3, -0.25) is 14.5 Å². The number of aromatic nitrogens is 1. The number of anilines is 2. The molecule has 0 saturated carbocycles. The van der Waals surface area contributed by atoms with Crippen LogP contribution in [-0.4, -0.2) is 72.6 Å². The molecule has 3 aliphatic rings. The molecule has 0 spiro atoms. The molecule has 2 atom stereocenters. The van der Waals surface area contributed by atoms with Gasteiger partial charge in [-0.1, -0.05) is 81.4 Å². The number of phenols is 1. The van der Waals surface area contributed by atoms with Crippen LogP contribution in [0.25, 0.3) is 22.0 Å². The number of H-pyrrole nitrogens is 1. The standard InChI is InChI=1S/C48H59N5O6Si/c1-48(2,3)60(4,5)59-43(38-20-22-42(54)46-39(38)21-23-45(56)51-46)30-49-29-33-14-17-36(18-15-33)50-44(55)13-9-10-32-16-19-37(34-11-7-6-8-12-34)40(28-32)53(47(57)58)41-31-52-26-24-35(41)25-27-52/h6-8,11-12,14-23,28,35,41,43,49,54H,9-10,13,24-27,29-31H2,1-5H3,(H,50,55)(H,51,56)(H,57,58)/t41?,43-/m0/s1. The monoisotopic (exact) mass is 829 g/mol. The molecule has 316 valence electrons. The van der Waals surface area contributed by atoms with Crippen molar-refractivity contribution in [3.63, 3.8) is 0 Å². The summed E-state index contributed by atoms with van der Waals surface area (Å²) in [6, 6.07) is 30.5. The van der Waals surface area contributed by atoms with Crippen LogP contribution >= 0.6 is 0 Å². The second-order valence-electron chi connectivity index (χ2n) is 18.0. The molecular weight excluding hydrogens is 771 g/mol. The number of phenolic OH excluding ortho intramolecular Hbond substituents is 1. The molecule has 0 aliphatic carbocycles. The van der Waals surface area contributed by atoms with Gasteiger partial charge in [0.1, 0.15) is 5.75 Å². The van der Waals surface area contributed by atoms with Crippen LogP contribution in [0.1, 0.15) is 69.2 Å². The first-order chi connectivity index (χ1) is 28.7. The van der Waals surface area contributed by atoms with Gasteiger partial charge in [0.25, 0.3) is 0 Å². The fourth-order valence-electron chi connectivity index (χ4n) is 8.46. The van der Waals surface area contributed by atoms with E-state index >= 15 is 0 Å². The van der Waals surface area contributed by atoms with Gasteiger partial charge in [0.15, 0.2) is 8.32 Å². The third-order valence-electron chi connectivity index (χ3n) is 12.8. The lowest BCUT2D eigenvalue weighted by Crippen LogP contribution is -2.59. The Bertz CT molecular complexity index is 2350. The van der Waals surface area contributed by atoms with Crippen LogP contribution in [0.4, 0.5) is 16.2 Å². The van der Waals surface area contributed by atoms with Crippen molar-refractivity contribution in [3.05, 3.63) is 124 Å². The number of nitrogens with one attached hydrogen (secondary N) is 3. The first-order valence-electron chi connectivity index (χ1n) is 21.2. The highest BCUT2D eigenvalue weighted by atomic mass is 28.4. The Balaban J connectivity index is 0.966. The summed E-state index contributed by atoms with van der Waals surface area (Å²) >= 11 is 0. The highest BCUT2D eigenvalue weighted by Crippen LogP contribution is 2.42. The highest BCUT2D eigenvalue weighted by molar-refractivity contribution is 6.74. The van der Waals surface area contributed by atoms with E-state index < -0.39 is 14.4 Å². The van der Waals surface area contributed by atoms with Crippen LogP contribution in [0.3, 0.4) is 0 Å². The SMILES string of the molecule is CC(C)(C)[Si](C)(C)O[C@@H](CNCc1ccc(NC(=O)CCCc2ccc(-c3ccccc3)c(N(C(=O)O)C3CN4CCC3CC4)c2)cc1)c1ccc(O)c2[nH]c(=O)ccc12. The van der Waals surface area contributed by atoms with E-state index in [-0.39, 0.29) is 34.4 Å². The molecule has 8 rings (SSSR count). The van der Waals surface area contributed by atoms with Gasteiger partial charge in [-0.2, -0.15) is 0 Å². The van der Waals surface area contributed by atoms with Gasteiger partial charge < -0.3 is 35.2 Å². The van der Waals surface area contributed by atoms with Crippen LogP contribution < -0.4 is 21.1 Å². The second-order valence-corrected chi connectivity index (χ2v) is 22.7. The van der Waals surface area contributed by atoms with Crippen LogP contribution in [-0.2, 0) is 22.2 Å². The topological polar surface area (TPSA) is 147 Å². The van der Waals surface area contributed by atoms with E-state index in [1.165, 1.54) is 6.07 Å². The van der Waals surface area contributed by atoms with Gasteiger partial charge in [-0.15, -0.1) is 0 Å². The number of aromatic amines is 1. The number of hydrogen-bond donors (Lipinski definition) is 5. The van der Waals surface area contributed by atoms with E-state index in [4.69, 9.17) is 4.43 Å². The second kappa shape index (κ2) is 18.1. The first-order valence-corrected chi connectivity index (χ1v) is 24.1. The fraction of sp³-hybridized carbons (Fsp3) is 0.396. The summed E-state index contributed by atoms with van der Waals surface area (Å²) in [4.78, 5) is 44.9. The predicted molar refractivity (Wildman–Crippen MR) is 242 cm³/mol. The van der Waals surface area contributed by atoms with Gasteiger partial charge in [0, 0.05) is 48.8 Å². The number of carbonyl (C=O) groups is 2. The molecule has 12 heteroatoms. The average molecular weight is 830 g/mol. The maximum atomic E-state index is 13.1. The van der Waals surface area contributed by atoms with Gasteiger partial charge in [0.05, 0.1) is 23.3 Å². The van der Waals surface area contributed by atoms with E-state index in [9.17, 15) is 24.6 Å². The van der Waals surface area contributed by atoms with Crippen LogP contribution in [0.15, 0.2) is 102 Å². The van der Waals surface area contributed by atoms with Gasteiger partial charge in [0.2, 0.25) is 11.5 Å². The average Bonchev–Trinajstić information content (AvgIpc) is 3.22. The molecule has 60 heavy (non-hydrogen) atoms. The zero-order chi connectivity index (χ0) is 42.6. The van der Waals surface area contributed by atoms with Crippen molar-refractivity contribution in [2.75, 3.05) is 36.4 Å². The van der Waals surface area contributed by atoms with Crippen molar-refractivity contribution in [1.29, 1.82) is 0 Å². The van der Waals surface area contributed by atoms with Crippen molar-refractivity contribution in [1.82, 2.24) is 15.2 Å². The minimum atomic E-state index is -2.22. The molecule has 4 aromatic carbocycles. The van der Waals surface area contributed by atoms with Gasteiger partial charge in [-0.05, 0) is 115 Å². The number of carbonyl (C=O) groups excluding carboxylic acids is 1. The summed E-state index contributed by atoms with van der Waals surface area (Å²) in [5.41, 5.74) is 6.38. The largest absolute Gasteiger partial charge is 0.506 e. The van der Waals surface area contributed by atoms with Crippen LogP contribution in [0.2, 0.25) is 18.1 Å². The summed E-state index contributed by atoms with van der Waals surface area (Å²) in [6.07, 6.45) is 2.38. The minimum Gasteiger partial charge on any atom is -0.506 e. The molecule has 2 amide bonds. The molecule has 1 aromatic heterocycles. The number of nitrogens with zero attached hydrogens (tertiary/aromatic N) is 2. The Kier molecular flexibility index (Phi) is 13.0. The van der Waals surface area contributed by atoms with Crippen molar-refractivity contribution >= 4 is 42.6 Å². The van der Waals surface area contributed by atoms with Crippen molar-refractivity contribution in [3.8, 4) is 16.9 Å². The number of benzene rings is 4. The summed E-state index contributed by atoms with van der Waals surface area (Å²) < 4.78 is 6.94. The number of fused-ring (bicyclic) bond motifs is 4. The molecule has 1 unspecified atom stereocenters. The normalized spacial score (nSPS) is 18.3. The number of pyridine rings is 1. The number of carboxylic acid groups (broad SMARTS) is 1. The lowest BCUT2D eigenvalue weighted by atomic mass is 9.82. The fourth-order valence-corrected chi connectivity index (χ4v) is 9.74. The first kappa shape index (κ1) is 42.8. The maximum absolute atomic E-state index is 13.1. The third kappa shape index (κ3) is 9.84. The molecule has 4 heterocycles. The van der Waals surface area contributed by atoms with Gasteiger partial charge >= 0.3 is 6.09 Å².